The minimum Gasteiger partial charge on any atom is -0.480 e. The molecule has 0 aromatic carbocycles. The molecule has 4 heteroatoms. The van der Waals surface area contributed by atoms with Crippen LogP contribution in [0.5, 0.6) is 0 Å². The molecule has 0 bridgehead atoms. The Labute approximate surface area is 66.7 Å². The van der Waals surface area contributed by atoms with E-state index in [0.717, 1.165) is 16.4 Å². The third-order valence-electron chi connectivity index (χ3n) is 1.07. The Morgan fingerprint density at radius 3 is 2.30 bits per heavy atom. The lowest BCUT2D eigenvalue weighted by molar-refractivity contribution is -0.0779. The lowest BCUT2D eigenvalue weighted by atomic mass is 10.4. The Kier molecular flexibility index (Phi) is 4.31. The fourth-order valence-corrected chi connectivity index (χ4v) is 0.824. The first-order chi connectivity index (χ1) is 4.63. The van der Waals surface area contributed by atoms with Gasteiger partial charge in [-0.1, -0.05) is 6.92 Å². The highest BCUT2D eigenvalue weighted by atomic mass is 32.1. The van der Waals surface area contributed by atoms with Gasteiger partial charge >= 0.3 is 0 Å². The summed E-state index contributed by atoms with van der Waals surface area (Å²) in [6.07, 6.45) is 0.747. The summed E-state index contributed by atoms with van der Waals surface area (Å²) < 4.78 is 4.84. The number of thiol groups is 1. The molecular formula is C6H13NO2S. The molecule has 0 amide bonds. The van der Waals surface area contributed by atoms with Crippen LogP contribution in [-0.4, -0.2) is 24.4 Å². The monoisotopic (exact) mass is 163 g/mol. The molecule has 0 heterocycles. The first kappa shape index (κ1) is 9.65. The van der Waals surface area contributed by atoms with Crippen molar-refractivity contribution in [3.8, 4) is 0 Å². The van der Waals surface area contributed by atoms with E-state index in [2.05, 4.69) is 12.6 Å². The van der Waals surface area contributed by atoms with Gasteiger partial charge in [0.2, 0.25) is 5.88 Å². The molecule has 0 aromatic rings. The van der Waals surface area contributed by atoms with Crippen molar-refractivity contribution < 1.29 is 9.94 Å². The van der Waals surface area contributed by atoms with Crippen LogP contribution in [0.2, 0.25) is 0 Å². The van der Waals surface area contributed by atoms with Gasteiger partial charge in [-0.2, -0.15) is 0 Å². The molecule has 0 saturated carbocycles. The first-order valence-electron chi connectivity index (χ1n) is 3.02. The first-order valence-corrected chi connectivity index (χ1v) is 3.46. The van der Waals surface area contributed by atoms with Crippen molar-refractivity contribution in [2.75, 3.05) is 14.2 Å². The molecule has 0 aromatic heterocycles. The average molecular weight is 163 g/mol. The average Bonchev–Trinajstić information content (AvgIpc) is 1.88. The second kappa shape index (κ2) is 4.46. The maximum atomic E-state index is 8.92. The van der Waals surface area contributed by atoms with E-state index in [9.17, 15) is 0 Å². The molecule has 0 unspecified atom stereocenters. The van der Waals surface area contributed by atoms with Gasteiger partial charge in [-0.05, 0) is 6.42 Å². The highest BCUT2D eigenvalue weighted by Crippen LogP contribution is 2.14. The predicted octanol–water partition coefficient (Wildman–Crippen LogP) is 1.46. The van der Waals surface area contributed by atoms with Gasteiger partial charge in [-0.15, -0.1) is 12.6 Å². The second-order valence-corrected chi connectivity index (χ2v) is 2.37. The number of methoxy groups -OCH3 is 1. The summed E-state index contributed by atoms with van der Waals surface area (Å²) >= 11 is 4.10. The Morgan fingerprint density at radius 2 is 2.20 bits per heavy atom. The van der Waals surface area contributed by atoms with Gasteiger partial charge in [0.05, 0.1) is 7.11 Å². The molecule has 0 fully saturated rings. The zero-order valence-corrected chi connectivity index (χ0v) is 7.35. The topological polar surface area (TPSA) is 32.7 Å². The Balaban J connectivity index is 4.29. The number of hydrogen-bond donors (Lipinski definition) is 2. The van der Waals surface area contributed by atoms with Crippen LogP contribution < -0.4 is 0 Å². The van der Waals surface area contributed by atoms with E-state index in [-0.39, 0.29) is 0 Å². The van der Waals surface area contributed by atoms with Crippen molar-refractivity contribution >= 4 is 12.6 Å². The SMILES string of the molecule is CC/C(S)=C(\OC)N(C)O. The molecule has 0 atom stereocenters. The fraction of sp³-hybridized carbons (Fsp3) is 0.667. The molecule has 3 nitrogen and oxygen atoms in total. The molecule has 0 spiro atoms. The van der Waals surface area contributed by atoms with E-state index in [1.807, 2.05) is 6.92 Å². The van der Waals surface area contributed by atoms with Crippen LogP contribution in [0.25, 0.3) is 0 Å². The summed E-state index contributed by atoms with van der Waals surface area (Å²) in [6, 6.07) is 0. The van der Waals surface area contributed by atoms with E-state index in [1.54, 1.807) is 0 Å². The summed E-state index contributed by atoms with van der Waals surface area (Å²) in [5, 5.41) is 9.82. The van der Waals surface area contributed by atoms with Crippen molar-refractivity contribution in [1.29, 1.82) is 0 Å². The molecule has 0 radical (unpaired) electrons. The highest BCUT2D eigenvalue weighted by Gasteiger charge is 2.04. The van der Waals surface area contributed by atoms with Crippen molar-refractivity contribution in [1.82, 2.24) is 5.06 Å². The molecule has 0 aliphatic carbocycles. The molecule has 0 aliphatic rings. The predicted molar refractivity (Wildman–Crippen MR) is 42.9 cm³/mol. The van der Waals surface area contributed by atoms with Crippen molar-refractivity contribution in [3.63, 3.8) is 0 Å². The molecule has 0 saturated heterocycles. The van der Waals surface area contributed by atoms with Crippen LogP contribution in [0.15, 0.2) is 10.8 Å². The quantitative estimate of drug-likeness (QED) is 0.375. The van der Waals surface area contributed by atoms with Gasteiger partial charge in [-0.25, -0.2) is 5.06 Å². The fourth-order valence-electron chi connectivity index (χ4n) is 0.588. The maximum Gasteiger partial charge on any atom is 0.222 e. The zero-order valence-electron chi connectivity index (χ0n) is 6.46. The largest absolute Gasteiger partial charge is 0.480 e. The van der Waals surface area contributed by atoms with E-state index < -0.39 is 0 Å². The van der Waals surface area contributed by atoms with Crippen LogP contribution in [0, 0.1) is 0 Å². The minimum absolute atomic E-state index is 0.394. The Morgan fingerprint density at radius 1 is 1.70 bits per heavy atom. The molecule has 60 valence electrons. The number of rotatable bonds is 3. The van der Waals surface area contributed by atoms with Gasteiger partial charge in [0.25, 0.3) is 0 Å². The van der Waals surface area contributed by atoms with Gasteiger partial charge in [0, 0.05) is 12.0 Å². The van der Waals surface area contributed by atoms with Crippen LogP contribution in [0.1, 0.15) is 13.3 Å². The second-order valence-electron chi connectivity index (χ2n) is 1.83. The van der Waals surface area contributed by atoms with Gasteiger partial charge < -0.3 is 4.74 Å². The van der Waals surface area contributed by atoms with Gasteiger partial charge in [-0.3, -0.25) is 5.21 Å². The van der Waals surface area contributed by atoms with Gasteiger partial charge in [0.1, 0.15) is 0 Å². The van der Waals surface area contributed by atoms with Crippen LogP contribution in [0.3, 0.4) is 0 Å². The highest BCUT2D eigenvalue weighted by molar-refractivity contribution is 7.84. The normalized spacial score (nSPS) is 12.5. The number of ether oxygens (including phenoxy) is 1. The summed E-state index contributed by atoms with van der Waals surface area (Å²) in [4.78, 5) is 0.729. The van der Waals surface area contributed by atoms with Crippen molar-refractivity contribution in [2.24, 2.45) is 0 Å². The Bertz CT molecular complexity index is 134. The number of nitrogens with zero attached hydrogens (tertiary/aromatic N) is 1. The molecular weight excluding hydrogens is 150 g/mol. The van der Waals surface area contributed by atoms with Crippen LogP contribution in [-0.2, 0) is 4.74 Å². The lowest BCUT2D eigenvalue weighted by Crippen LogP contribution is -2.14. The van der Waals surface area contributed by atoms with Crippen molar-refractivity contribution in [3.05, 3.63) is 10.8 Å². The molecule has 0 aliphatic heterocycles. The van der Waals surface area contributed by atoms with E-state index in [1.165, 1.54) is 14.2 Å². The summed E-state index contributed by atoms with van der Waals surface area (Å²) in [6.45, 7) is 1.94. The molecule has 0 rings (SSSR count). The van der Waals surface area contributed by atoms with Crippen LogP contribution >= 0.6 is 12.6 Å². The summed E-state index contributed by atoms with van der Waals surface area (Å²) in [5.74, 6) is 0.394. The lowest BCUT2D eigenvalue weighted by Gasteiger charge is -2.14. The number of hydrogen-bond acceptors (Lipinski definition) is 4. The van der Waals surface area contributed by atoms with Gasteiger partial charge in [0.15, 0.2) is 0 Å². The summed E-state index contributed by atoms with van der Waals surface area (Å²) in [7, 11) is 2.98. The summed E-state index contributed by atoms with van der Waals surface area (Å²) in [5.41, 5.74) is 0. The molecule has 1 N–H and O–H groups in total. The maximum absolute atomic E-state index is 8.92. The molecule has 10 heavy (non-hydrogen) atoms. The van der Waals surface area contributed by atoms with E-state index in [0.29, 0.717) is 5.88 Å². The standard InChI is InChI=1S/C6H13NO2S/c1-4-5(10)6(9-3)7(2)8/h8,10H,4H2,1-3H3/b6-5+. The third-order valence-corrected chi connectivity index (χ3v) is 1.58. The minimum atomic E-state index is 0.394. The van der Waals surface area contributed by atoms with E-state index in [4.69, 9.17) is 9.94 Å². The van der Waals surface area contributed by atoms with Crippen molar-refractivity contribution in [2.45, 2.75) is 13.3 Å². The van der Waals surface area contributed by atoms with Crippen LogP contribution in [0.4, 0.5) is 0 Å². The van der Waals surface area contributed by atoms with E-state index >= 15 is 0 Å². The smallest absolute Gasteiger partial charge is 0.222 e. The third kappa shape index (κ3) is 2.49. The number of hydroxylamine groups is 2. The zero-order chi connectivity index (χ0) is 8.15. The number of allylic oxidation sites excluding steroid dienone is 1. The Hall–Kier alpha value is -0.350.